The van der Waals surface area contributed by atoms with Crippen molar-refractivity contribution in [3.8, 4) is 5.75 Å². The number of hydrogen-bond acceptors (Lipinski definition) is 8. The second kappa shape index (κ2) is 10.4. The number of aliphatic hydroxyl groups is 1. The Morgan fingerprint density at radius 2 is 1.89 bits per heavy atom. The summed E-state index contributed by atoms with van der Waals surface area (Å²) in [6.07, 6.45) is 1.81. The summed E-state index contributed by atoms with van der Waals surface area (Å²) in [6, 6.07) is 11.1. The van der Waals surface area contributed by atoms with Gasteiger partial charge in [0.05, 0.1) is 31.7 Å². The molecule has 3 aliphatic rings. The zero-order valence-corrected chi connectivity index (χ0v) is 21.3. The topological polar surface area (TPSA) is 134 Å². The molecule has 0 aromatic heterocycles. The van der Waals surface area contributed by atoms with Crippen LogP contribution in [0, 0.1) is 17.8 Å². The van der Waals surface area contributed by atoms with Gasteiger partial charge in [-0.1, -0.05) is 42.0 Å². The number of phenols is 1. The Labute approximate surface area is 220 Å². The van der Waals surface area contributed by atoms with Crippen LogP contribution in [0.4, 0.5) is 4.79 Å². The van der Waals surface area contributed by atoms with Crippen molar-refractivity contribution < 1.29 is 39.0 Å². The van der Waals surface area contributed by atoms with Crippen LogP contribution in [0.5, 0.6) is 5.75 Å². The molecule has 38 heavy (non-hydrogen) atoms. The minimum absolute atomic E-state index is 0.0961. The molecule has 4 atom stereocenters. The van der Waals surface area contributed by atoms with E-state index in [0.717, 1.165) is 34.6 Å². The third-order valence-electron chi connectivity index (χ3n) is 7.99. The van der Waals surface area contributed by atoms with E-state index in [0.29, 0.717) is 23.3 Å². The van der Waals surface area contributed by atoms with Crippen molar-refractivity contribution in [1.82, 2.24) is 4.90 Å². The van der Waals surface area contributed by atoms with E-state index >= 15 is 0 Å². The van der Waals surface area contributed by atoms with Gasteiger partial charge in [0.1, 0.15) is 5.75 Å². The second-order valence-corrected chi connectivity index (χ2v) is 10.2. The number of carbonyl (C=O) groups excluding carboxylic acids is 3. The lowest BCUT2D eigenvalue weighted by atomic mass is 9.58. The Kier molecular flexibility index (Phi) is 7.13. The SMILES string of the molecule is COC(=O)N1C(=O)[C@@H]2[C@@H](CC(CO)=C3[C@@H](CC/C(C)=C/c4ccc(O)c5ccccc45)OB(O)C[C@@H]32)C1=O. The predicted octanol–water partition coefficient (Wildman–Crippen LogP) is 3.28. The summed E-state index contributed by atoms with van der Waals surface area (Å²) in [5.41, 5.74) is 3.37. The van der Waals surface area contributed by atoms with Gasteiger partial charge < -0.3 is 24.6 Å². The third kappa shape index (κ3) is 4.42. The first-order valence-corrected chi connectivity index (χ1v) is 12.7. The minimum atomic E-state index is -1.15. The molecule has 198 valence electrons. The summed E-state index contributed by atoms with van der Waals surface area (Å²) in [4.78, 5) is 38.8. The van der Waals surface area contributed by atoms with Gasteiger partial charge in [-0.3, -0.25) is 9.59 Å². The molecule has 0 radical (unpaired) electrons. The smallest absolute Gasteiger partial charge is 0.455 e. The number of hydrogen-bond donors (Lipinski definition) is 3. The molecule has 5 rings (SSSR count). The number of fused-ring (bicyclic) bond motifs is 4. The summed E-state index contributed by atoms with van der Waals surface area (Å²) in [6.45, 7) is 1.68. The summed E-state index contributed by atoms with van der Waals surface area (Å²) in [7, 11) is -0.0356. The van der Waals surface area contributed by atoms with Crippen molar-refractivity contribution in [3.05, 3.63) is 58.7 Å². The van der Waals surface area contributed by atoms with Gasteiger partial charge in [0.2, 0.25) is 11.8 Å². The van der Waals surface area contributed by atoms with Crippen LogP contribution in [0.1, 0.15) is 31.7 Å². The summed E-state index contributed by atoms with van der Waals surface area (Å²) >= 11 is 0. The van der Waals surface area contributed by atoms with E-state index in [1.54, 1.807) is 6.07 Å². The molecule has 3 N–H and O–H groups in total. The highest BCUT2D eigenvalue weighted by molar-refractivity contribution is 6.43. The molecule has 9 nitrogen and oxygen atoms in total. The Hall–Kier alpha value is -3.47. The van der Waals surface area contributed by atoms with E-state index in [-0.39, 0.29) is 25.1 Å². The molecule has 2 heterocycles. The summed E-state index contributed by atoms with van der Waals surface area (Å²) in [5.74, 6) is -3.17. The predicted molar refractivity (Wildman–Crippen MR) is 140 cm³/mol. The lowest BCUT2D eigenvalue weighted by Crippen LogP contribution is -2.46. The number of allylic oxidation sites excluding steroid dienone is 1. The van der Waals surface area contributed by atoms with Crippen LogP contribution in [0.3, 0.4) is 0 Å². The van der Waals surface area contributed by atoms with Gasteiger partial charge in [-0.2, -0.15) is 4.90 Å². The standard InChI is InChI=1S/C28H30BNO8/c1-15(11-16-8-9-22(32)19-6-4-3-5-18(16)19)7-10-23-24-17(14-31)12-20-25(21(24)13-29(36)38-23)27(34)30(26(20)33)28(35)37-2/h3-6,8-9,11,20-21,23,25,31-32,36H,7,10,12-14H2,1-2H3/b15-11+/t20-,21+,23-,25-/m1/s1. The van der Waals surface area contributed by atoms with Crippen LogP contribution in [0.2, 0.25) is 6.32 Å². The average Bonchev–Trinajstić information content (AvgIpc) is 3.17. The Bertz CT molecular complexity index is 1370. The number of methoxy groups -OCH3 is 1. The summed E-state index contributed by atoms with van der Waals surface area (Å²) < 4.78 is 10.6. The molecule has 2 aliphatic heterocycles. The van der Waals surface area contributed by atoms with E-state index in [1.165, 1.54) is 0 Å². The monoisotopic (exact) mass is 519 g/mol. The van der Waals surface area contributed by atoms with Crippen molar-refractivity contribution in [1.29, 1.82) is 0 Å². The molecule has 2 aromatic carbocycles. The van der Waals surface area contributed by atoms with Crippen LogP contribution in [-0.2, 0) is 19.0 Å². The Morgan fingerprint density at radius 3 is 2.61 bits per heavy atom. The molecular formula is C28H30BNO8. The fourth-order valence-electron chi connectivity index (χ4n) is 6.31. The van der Waals surface area contributed by atoms with E-state index in [1.807, 2.05) is 43.3 Å². The molecule has 2 fully saturated rings. The van der Waals surface area contributed by atoms with Crippen molar-refractivity contribution in [2.24, 2.45) is 17.8 Å². The maximum atomic E-state index is 13.2. The maximum Gasteiger partial charge on any atom is 0.455 e. The number of nitrogens with zero attached hydrogens (tertiary/aromatic N) is 1. The number of imide groups is 3. The highest BCUT2D eigenvalue weighted by Crippen LogP contribution is 2.50. The maximum absolute atomic E-state index is 13.2. The zero-order valence-electron chi connectivity index (χ0n) is 21.3. The number of carbonyl (C=O) groups is 3. The first-order valence-electron chi connectivity index (χ1n) is 12.7. The van der Waals surface area contributed by atoms with Crippen molar-refractivity contribution in [2.45, 2.75) is 38.6 Å². The normalized spacial score (nSPS) is 25.6. The Balaban J connectivity index is 1.41. The molecule has 2 saturated heterocycles. The van der Waals surface area contributed by atoms with Crippen LogP contribution < -0.4 is 0 Å². The van der Waals surface area contributed by atoms with Crippen LogP contribution in [-0.4, -0.2) is 65.0 Å². The van der Waals surface area contributed by atoms with Gasteiger partial charge in [-0.05, 0) is 66.6 Å². The van der Waals surface area contributed by atoms with Gasteiger partial charge in [0.15, 0.2) is 0 Å². The van der Waals surface area contributed by atoms with Crippen molar-refractivity contribution in [2.75, 3.05) is 13.7 Å². The number of aromatic hydroxyl groups is 1. The van der Waals surface area contributed by atoms with Gasteiger partial charge in [0, 0.05) is 5.39 Å². The molecule has 10 heteroatoms. The highest BCUT2D eigenvalue weighted by Gasteiger charge is 2.59. The number of phenolic OH excluding ortho intramolecular Hbond substituents is 1. The Morgan fingerprint density at radius 1 is 1.16 bits per heavy atom. The van der Waals surface area contributed by atoms with Crippen LogP contribution >= 0.6 is 0 Å². The number of rotatable bonds is 5. The first-order chi connectivity index (χ1) is 18.2. The van der Waals surface area contributed by atoms with E-state index in [9.17, 15) is 29.6 Å². The van der Waals surface area contributed by atoms with Gasteiger partial charge in [-0.15, -0.1) is 0 Å². The number of ether oxygens (including phenoxy) is 1. The lowest BCUT2D eigenvalue weighted by Gasteiger charge is -2.42. The molecule has 0 unspecified atom stereocenters. The molecule has 2 aromatic rings. The van der Waals surface area contributed by atoms with Crippen molar-refractivity contribution >= 4 is 41.9 Å². The number of amides is 3. The largest absolute Gasteiger partial charge is 0.507 e. The quantitative estimate of drug-likeness (QED) is 0.312. The number of likely N-dealkylation sites (tertiary alicyclic amines) is 1. The van der Waals surface area contributed by atoms with E-state index in [4.69, 9.17) is 4.65 Å². The molecule has 1 aliphatic carbocycles. The molecule has 3 amide bonds. The first kappa shape index (κ1) is 26.2. The summed E-state index contributed by atoms with van der Waals surface area (Å²) in [5, 5.41) is 32.6. The van der Waals surface area contributed by atoms with Gasteiger partial charge in [0.25, 0.3) is 0 Å². The van der Waals surface area contributed by atoms with Gasteiger partial charge in [-0.25, -0.2) is 4.79 Å². The lowest BCUT2D eigenvalue weighted by molar-refractivity contribution is -0.137. The van der Waals surface area contributed by atoms with Crippen LogP contribution in [0.15, 0.2) is 53.1 Å². The third-order valence-corrected chi connectivity index (χ3v) is 7.99. The van der Waals surface area contributed by atoms with Crippen LogP contribution in [0.25, 0.3) is 16.8 Å². The average molecular weight is 519 g/mol. The molecular weight excluding hydrogens is 489 g/mol. The minimum Gasteiger partial charge on any atom is -0.507 e. The second-order valence-electron chi connectivity index (χ2n) is 10.2. The van der Waals surface area contributed by atoms with Gasteiger partial charge >= 0.3 is 13.2 Å². The molecule has 0 bridgehead atoms. The van der Waals surface area contributed by atoms with E-state index in [2.05, 4.69) is 4.74 Å². The number of benzene rings is 2. The molecule has 0 saturated carbocycles. The van der Waals surface area contributed by atoms with Crippen molar-refractivity contribution in [3.63, 3.8) is 0 Å². The fourth-order valence-corrected chi connectivity index (χ4v) is 6.31. The zero-order chi connectivity index (χ0) is 27.1. The van der Waals surface area contributed by atoms with E-state index < -0.39 is 48.9 Å². The highest BCUT2D eigenvalue weighted by atomic mass is 16.5. The fraction of sp³-hybridized carbons (Fsp3) is 0.393. The molecule has 0 spiro atoms. The number of aliphatic hydroxyl groups excluding tert-OH is 1.